The predicted octanol–water partition coefficient (Wildman–Crippen LogP) is 1.73. The first-order valence-corrected chi connectivity index (χ1v) is 5.15. The molecule has 0 spiro atoms. The van der Waals surface area contributed by atoms with Gasteiger partial charge in [-0.2, -0.15) is 5.26 Å². The van der Waals surface area contributed by atoms with Gasteiger partial charge in [-0.05, 0) is 31.5 Å². The van der Waals surface area contributed by atoms with E-state index in [4.69, 9.17) is 10.4 Å². The van der Waals surface area contributed by atoms with Crippen LogP contribution < -0.4 is 5.32 Å². The van der Waals surface area contributed by atoms with Crippen molar-refractivity contribution in [1.29, 1.82) is 5.26 Å². The molecule has 1 aromatic rings. The Morgan fingerprint density at radius 1 is 1.50 bits per heavy atom. The van der Waals surface area contributed by atoms with E-state index in [0.717, 1.165) is 5.56 Å². The lowest BCUT2D eigenvalue weighted by Gasteiger charge is -2.18. The van der Waals surface area contributed by atoms with E-state index in [9.17, 15) is 4.39 Å². The van der Waals surface area contributed by atoms with Crippen molar-refractivity contribution in [2.24, 2.45) is 0 Å². The standard InChI is InChI=1S/C12H15FN2O/c1-8(7-16)15-9(2)10-3-4-11(6-14)12(13)5-10/h3-5,8-9,15-16H,7H2,1-2H3/t8-,9?/m1/s1. The van der Waals surface area contributed by atoms with Crippen LogP contribution in [0.5, 0.6) is 0 Å². The Kier molecular flexibility index (Phi) is 4.41. The number of hydrogen-bond acceptors (Lipinski definition) is 3. The summed E-state index contributed by atoms with van der Waals surface area (Å²) in [5.41, 5.74) is 0.808. The fourth-order valence-electron chi connectivity index (χ4n) is 1.47. The van der Waals surface area contributed by atoms with Gasteiger partial charge >= 0.3 is 0 Å². The number of aliphatic hydroxyl groups is 1. The van der Waals surface area contributed by atoms with Gasteiger partial charge in [0, 0.05) is 12.1 Å². The van der Waals surface area contributed by atoms with Gasteiger partial charge in [0.25, 0.3) is 0 Å². The Balaban J connectivity index is 2.81. The minimum absolute atomic E-state index is 0.0309. The van der Waals surface area contributed by atoms with Crippen LogP contribution in [-0.4, -0.2) is 17.8 Å². The molecule has 1 rings (SSSR count). The van der Waals surface area contributed by atoms with Gasteiger partial charge in [0.2, 0.25) is 0 Å². The first kappa shape index (κ1) is 12.6. The molecular weight excluding hydrogens is 207 g/mol. The van der Waals surface area contributed by atoms with Gasteiger partial charge in [-0.15, -0.1) is 0 Å². The van der Waals surface area contributed by atoms with Crippen LogP contribution in [0.4, 0.5) is 4.39 Å². The summed E-state index contributed by atoms with van der Waals surface area (Å²) in [6.45, 7) is 3.76. The second kappa shape index (κ2) is 5.59. The summed E-state index contributed by atoms with van der Waals surface area (Å²) in [5, 5.41) is 20.6. The minimum Gasteiger partial charge on any atom is -0.395 e. The lowest BCUT2D eigenvalue weighted by molar-refractivity contribution is 0.243. The summed E-state index contributed by atoms with van der Waals surface area (Å²) < 4.78 is 13.3. The van der Waals surface area contributed by atoms with E-state index < -0.39 is 5.82 Å². The molecule has 3 nitrogen and oxygen atoms in total. The fourth-order valence-corrected chi connectivity index (χ4v) is 1.47. The number of rotatable bonds is 4. The van der Waals surface area contributed by atoms with Crippen LogP contribution in [0.15, 0.2) is 18.2 Å². The van der Waals surface area contributed by atoms with Crippen molar-refractivity contribution in [3.05, 3.63) is 35.1 Å². The molecule has 0 bridgehead atoms. The van der Waals surface area contributed by atoms with E-state index in [2.05, 4.69) is 5.32 Å². The summed E-state index contributed by atoms with van der Waals surface area (Å²) >= 11 is 0. The van der Waals surface area contributed by atoms with Crippen LogP contribution in [0, 0.1) is 17.1 Å². The third-order valence-corrected chi connectivity index (χ3v) is 2.42. The molecule has 0 saturated carbocycles. The maximum Gasteiger partial charge on any atom is 0.141 e. The molecule has 0 fully saturated rings. The molecule has 16 heavy (non-hydrogen) atoms. The molecular formula is C12H15FN2O. The quantitative estimate of drug-likeness (QED) is 0.815. The van der Waals surface area contributed by atoms with E-state index in [1.54, 1.807) is 12.1 Å². The summed E-state index contributed by atoms with van der Waals surface area (Å²) in [4.78, 5) is 0. The second-order valence-corrected chi connectivity index (χ2v) is 3.82. The first-order chi connectivity index (χ1) is 7.58. The molecule has 0 radical (unpaired) electrons. The number of nitriles is 1. The van der Waals surface area contributed by atoms with Crippen LogP contribution in [-0.2, 0) is 0 Å². The molecule has 2 N–H and O–H groups in total. The third-order valence-electron chi connectivity index (χ3n) is 2.42. The van der Waals surface area contributed by atoms with Gasteiger partial charge in [0.15, 0.2) is 0 Å². The zero-order valence-corrected chi connectivity index (χ0v) is 9.37. The van der Waals surface area contributed by atoms with Crippen molar-refractivity contribution in [3.8, 4) is 6.07 Å². The largest absolute Gasteiger partial charge is 0.395 e. The van der Waals surface area contributed by atoms with Crippen molar-refractivity contribution in [1.82, 2.24) is 5.32 Å². The molecule has 0 aliphatic rings. The highest BCUT2D eigenvalue weighted by Gasteiger charge is 2.11. The molecule has 1 unspecified atom stereocenters. The average Bonchev–Trinajstić information content (AvgIpc) is 2.28. The van der Waals surface area contributed by atoms with Gasteiger partial charge in [0.05, 0.1) is 12.2 Å². The van der Waals surface area contributed by atoms with Gasteiger partial charge in [-0.1, -0.05) is 6.07 Å². The summed E-state index contributed by atoms with van der Waals surface area (Å²) in [5.74, 6) is -0.509. The number of aliphatic hydroxyl groups excluding tert-OH is 1. The van der Waals surface area contributed by atoms with E-state index in [0.29, 0.717) is 0 Å². The van der Waals surface area contributed by atoms with Crippen molar-refractivity contribution in [2.45, 2.75) is 25.9 Å². The lowest BCUT2D eigenvalue weighted by atomic mass is 10.1. The Morgan fingerprint density at radius 2 is 2.19 bits per heavy atom. The number of nitrogens with one attached hydrogen (secondary N) is 1. The zero-order chi connectivity index (χ0) is 12.1. The highest BCUT2D eigenvalue weighted by Crippen LogP contribution is 2.16. The number of benzene rings is 1. The normalized spacial score (nSPS) is 14.2. The van der Waals surface area contributed by atoms with Gasteiger partial charge in [-0.3, -0.25) is 0 Å². The van der Waals surface area contributed by atoms with Crippen LogP contribution in [0.2, 0.25) is 0 Å². The molecule has 2 atom stereocenters. The summed E-state index contributed by atoms with van der Waals surface area (Å²) in [7, 11) is 0. The van der Waals surface area contributed by atoms with Crippen molar-refractivity contribution < 1.29 is 9.50 Å². The van der Waals surface area contributed by atoms with Gasteiger partial charge < -0.3 is 10.4 Å². The van der Waals surface area contributed by atoms with Crippen molar-refractivity contribution >= 4 is 0 Å². The van der Waals surface area contributed by atoms with Crippen LogP contribution >= 0.6 is 0 Å². The molecule has 0 heterocycles. The van der Waals surface area contributed by atoms with E-state index in [1.807, 2.05) is 13.8 Å². The lowest BCUT2D eigenvalue weighted by Crippen LogP contribution is -2.31. The molecule has 4 heteroatoms. The smallest absolute Gasteiger partial charge is 0.141 e. The molecule has 0 aliphatic heterocycles. The maximum absolute atomic E-state index is 13.3. The Bertz CT molecular complexity index is 400. The van der Waals surface area contributed by atoms with Crippen LogP contribution in [0.25, 0.3) is 0 Å². The SMILES string of the molecule is CC(N[C@H](C)CO)c1ccc(C#N)c(F)c1. The van der Waals surface area contributed by atoms with Crippen LogP contribution in [0.1, 0.15) is 31.0 Å². The molecule has 0 aliphatic carbocycles. The summed E-state index contributed by atoms with van der Waals surface area (Å²) in [6, 6.07) is 6.19. The Hall–Kier alpha value is -1.44. The topological polar surface area (TPSA) is 56.0 Å². The first-order valence-electron chi connectivity index (χ1n) is 5.15. The summed E-state index contributed by atoms with van der Waals surface area (Å²) in [6.07, 6.45) is 0. The van der Waals surface area contributed by atoms with Crippen LogP contribution in [0.3, 0.4) is 0 Å². The highest BCUT2D eigenvalue weighted by atomic mass is 19.1. The van der Waals surface area contributed by atoms with Crippen molar-refractivity contribution in [3.63, 3.8) is 0 Å². The maximum atomic E-state index is 13.3. The third kappa shape index (κ3) is 3.02. The minimum atomic E-state index is -0.509. The Labute approximate surface area is 94.5 Å². The van der Waals surface area contributed by atoms with E-state index in [1.165, 1.54) is 12.1 Å². The molecule has 1 aromatic carbocycles. The second-order valence-electron chi connectivity index (χ2n) is 3.82. The molecule has 0 saturated heterocycles. The highest BCUT2D eigenvalue weighted by molar-refractivity contribution is 5.34. The zero-order valence-electron chi connectivity index (χ0n) is 9.37. The molecule has 86 valence electrons. The number of hydrogen-bond donors (Lipinski definition) is 2. The fraction of sp³-hybridized carbons (Fsp3) is 0.417. The van der Waals surface area contributed by atoms with Gasteiger partial charge in [-0.25, -0.2) is 4.39 Å². The number of nitrogens with zero attached hydrogens (tertiary/aromatic N) is 1. The van der Waals surface area contributed by atoms with Crippen molar-refractivity contribution in [2.75, 3.05) is 6.61 Å². The average molecular weight is 222 g/mol. The van der Waals surface area contributed by atoms with E-state index in [-0.39, 0.29) is 24.3 Å². The number of halogens is 1. The van der Waals surface area contributed by atoms with E-state index >= 15 is 0 Å². The predicted molar refractivity (Wildman–Crippen MR) is 59.2 cm³/mol. The monoisotopic (exact) mass is 222 g/mol. The molecule has 0 aromatic heterocycles. The molecule has 0 amide bonds. The van der Waals surface area contributed by atoms with Gasteiger partial charge in [0.1, 0.15) is 11.9 Å². The Morgan fingerprint density at radius 3 is 2.69 bits per heavy atom.